The molecule has 3 rings (SSSR count). The number of nitrogens with zero attached hydrogens (tertiary/aromatic N) is 1. The van der Waals surface area contributed by atoms with Gasteiger partial charge in [0.2, 0.25) is 10.0 Å². The molecule has 0 aliphatic heterocycles. The first-order chi connectivity index (χ1) is 13.2. The van der Waals surface area contributed by atoms with Gasteiger partial charge < -0.3 is 5.32 Å². The summed E-state index contributed by atoms with van der Waals surface area (Å²) in [5, 5.41) is 5.29. The molecule has 3 aromatic rings. The lowest BCUT2D eigenvalue weighted by atomic mass is 10.0. The van der Waals surface area contributed by atoms with Gasteiger partial charge in [-0.05, 0) is 47.5 Å². The molecule has 5 nitrogen and oxygen atoms in total. The summed E-state index contributed by atoms with van der Waals surface area (Å²) < 4.78 is 25.8. The average Bonchev–Trinajstić information content (AvgIpc) is 2.67. The van der Waals surface area contributed by atoms with E-state index in [1.165, 1.54) is 32.3 Å². The molecule has 1 amide bonds. The molecule has 0 fully saturated rings. The van der Waals surface area contributed by atoms with E-state index in [9.17, 15) is 13.2 Å². The zero-order valence-corrected chi connectivity index (χ0v) is 17.4. The Morgan fingerprint density at radius 1 is 1.00 bits per heavy atom. The van der Waals surface area contributed by atoms with Crippen LogP contribution in [-0.2, 0) is 10.0 Å². The summed E-state index contributed by atoms with van der Waals surface area (Å²) in [7, 11) is -0.788. The predicted octanol–water partition coefficient (Wildman–Crippen LogP) is 4.23. The number of halogens is 1. The molecule has 1 unspecified atom stereocenters. The van der Waals surface area contributed by atoms with Crippen molar-refractivity contribution in [3.8, 4) is 0 Å². The lowest BCUT2D eigenvalue weighted by molar-refractivity contribution is 0.0940. The summed E-state index contributed by atoms with van der Waals surface area (Å²) in [6, 6.07) is 17.8. The van der Waals surface area contributed by atoms with Crippen LogP contribution in [-0.4, -0.2) is 32.7 Å². The molecule has 0 heterocycles. The summed E-state index contributed by atoms with van der Waals surface area (Å²) in [5.74, 6) is -0.429. The lowest BCUT2D eigenvalue weighted by Gasteiger charge is -2.17. The van der Waals surface area contributed by atoms with Crippen molar-refractivity contribution in [3.63, 3.8) is 0 Å². The number of hydrogen-bond acceptors (Lipinski definition) is 3. The highest BCUT2D eigenvalue weighted by Gasteiger charge is 2.21. The van der Waals surface area contributed by atoms with E-state index >= 15 is 0 Å². The van der Waals surface area contributed by atoms with Gasteiger partial charge in [-0.2, -0.15) is 0 Å². The first kappa shape index (κ1) is 20.3. The van der Waals surface area contributed by atoms with Gasteiger partial charge in [0.1, 0.15) is 0 Å². The minimum absolute atomic E-state index is 0.0189. The fourth-order valence-electron chi connectivity index (χ4n) is 2.88. The Morgan fingerprint density at radius 2 is 1.68 bits per heavy atom. The van der Waals surface area contributed by atoms with Gasteiger partial charge in [0, 0.05) is 14.1 Å². The predicted molar refractivity (Wildman–Crippen MR) is 112 cm³/mol. The van der Waals surface area contributed by atoms with E-state index < -0.39 is 15.9 Å². The molecule has 0 aromatic heterocycles. The van der Waals surface area contributed by atoms with Gasteiger partial charge in [0.15, 0.2) is 0 Å². The highest BCUT2D eigenvalue weighted by atomic mass is 35.5. The highest BCUT2D eigenvalue weighted by molar-refractivity contribution is 7.89. The normalized spacial score (nSPS) is 12.9. The summed E-state index contributed by atoms with van der Waals surface area (Å²) >= 11 is 6.16. The minimum atomic E-state index is -3.66. The SMILES string of the molecule is CC(NC(=O)c1cc(S(=O)(=O)N(C)C)ccc1Cl)c1ccc2ccccc2c1. The smallest absolute Gasteiger partial charge is 0.253 e. The van der Waals surface area contributed by atoms with Gasteiger partial charge in [0.05, 0.1) is 21.5 Å². The van der Waals surface area contributed by atoms with Crippen molar-refractivity contribution in [2.45, 2.75) is 17.9 Å². The van der Waals surface area contributed by atoms with Gasteiger partial charge in [0.25, 0.3) is 5.91 Å². The van der Waals surface area contributed by atoms with E-state index in [0.717, 1.165) is 20.6 Å². The third kappa shape index (κ3) is 4.04. The molecule has 0 radical (unpaired) electrons. The van der Waals surface area contributed by atoms with Crippen molar-refractivity contribution >= 4 is 38.3 Å². The Labute approximate surface area is 170 Å². The molecule has 3 aromatic carbocycles. The summed E-state index contributed by atoms with van der Waals surface area (Å²) in [5.41, 5.74) is 1.07. The number of carbonyl (C=O) groups excluding carboxylic acids is 1. The Balaban J connectivity index is 1.87. The summed E-state index contributed by atoms with van der Waals surface area (Å²) in [6.45, 7) is 1.87. The maximum Gasteiger partial charge on any atom is 0.253 e. The van der Waals surface area contributed by atoms with Crippen LogP contribution in [0.15, 0.2) is 65.6 Å². The highest BCUT2D eigenvalue weighted by Crippen LogP contribution is 2.24. The van der Waals surface area contributed by atoms with Crippen molar-refractivity contribution in [1.29, 1.82) is 0 Å². The molecule has 1 atom stereocenters. The first-order valence-electron chi connectivity index (χ1n) is 8.72. The molecule has 146 valence electrons. The van der Waals surface area contributed by atoms with Crippen LogP contribution in [0.4, 0.5) is 0 Å². The topological polar surface area (TPSA) is 66.5 Å². The monoisotopic (exact) mass is 416 g/mol. The number of carbonyl (C=O) groups is 1. The number of hydrogen-bond donors (Lipinski definition) is 1. The summed E-state index contributed by atoms with van der Waals surface area (Å²) in [6.07, 6.45) is 0. The number of benzene rings is 3. The van der Waals surface area contributed by atoms with Gasteiger partial charge in [-0.15, -0.1) is 0 Å². The molecule has 28 heavy (non-hydrogen) atoms. The molecule has 0 aliphatic rings. The van der Waals surface area contributed by atoms with Crippen molar-refractivity contribution in [2.75, 3.05) is 14.1 Å². The second-order valence-corrected chi connectivity index (χ2v) is 9.29. The zero-order chi connectivity index (χ0) is 20.5. The van der Waals surface area contributed by atoms with Gasteiger partial charge in [-0.3, -0.25) is 4.79 Å². The third-order valence-electron chi connectivity index (χ3n) is 4.58. The fourth-order valence-corrected chi connectivity index (χ4v) is 4.02. The standard InChI is InChI=1S/C21H21ClN2O3S/c1-14(16-9-8-15-6-4-5-7-17(15)12-16)23-21(25)19-13-18(10-11-20(19)22)28(26,27)24(2)3/h4-14H,1-3H3,(H,23,25). The zero-order valence-electron chi connectivity index (χ0n) is 15.8. The van der Waals surface area contributed by atoms with Crippen LogP contribution < -0.4 is 5.32 Å². The molecule has 0 saturated carbocycles. The number of rotatable bonds is 5. The van der Waals surface area contributed by atoms with Crippen LogP contribution in [0.5, 0.6) is 0 Å². The van der Waals surface area contributed by atoms with Crippen LogP contribution in [0.1, 0.15) is 28.9 Å². The Kier molecular flexibility index (Phi) is 5.74. The van der Waals surface area contributed by atoms with E-state index in [1.54, 1.807) is 0 Å². The van der Waals surface area contributed by atoms with Gasteiger partial charge in [-0.1, -0.05) is 48.0 Å². The molecule has 7 heteroatoms. The number of amides is 1. The average molecular weight is 417 g/mol. The maximum absolute atomic E-state index is 12.8. The quantitative estimate of drug-likeness (QED) is 0.676. The van der Waals surface area contributed by atoms with Crippen LogP contribution in [0, 0.1) is 0 Å². The Hall–Kier alpha value is -2.41. The van der Waals surface area contributed by atoms with Crippen molar-refractivity contribution in [1.82, 2.24) is 9.62 Å². The molecule has 0 saturated heterocycles. The molecular formula is C21H21ClN2O3S. The van der Waals surface area contributed by atoms with Gasteiger partial charge in [-0.25, -0.2) is 12.7 Å². The first-order valence-corrected chi connectivity index (χ1v) is 10.5. The van der Waals surface area contributed by atoms with Crippen LogP contribution in [0.25, 0.3) is 10.8 Å². The van der Waals surface area contributed by atoms with Gasteiger partial charge >= 0.3 is 0 Å². The number of fused-ring (bicyclic) bond motifs is 1. The van der Waals surface area contributed by atoms with Crippen LogP contribution in [0.3, 0.4) is 0 Å². The lowest BCUT2D eigenvalue weighted by Crippen LogP contribution is -2.28. The Bertz CT molecular complexity index is 1140. The van der Waals surface area contributed by atoms with Crippen molar-refractivity contribution in [3.05, 3.63) is 76.8 Å². The molecule has 0 aliphatic carbocycles. The Morgan fingerprint density at radius 3 is 2.36 bits per heavy atom. The second kappa shape index (κ2) is 7.91. The summed E-state index contributed by atoms with van der Waals surface area (Å²) in [4.78, 5) is 12.8. The molecule has 0 bridgehead atoms. The largest absolute Gasteiger partial charge is 0.345 e. The fraction of sp³-hybridized carbons (Fsp3) is 0.190. The van der Waals surface area contributed by atoms with Crippen molar-refractivity contribution < 1.29 is 13.2 Å². The maximum atomic E-state index is 12.8. The third-order valence-corrected chi connectivity index (χ3v) is 6.72. The molecular weight excluding hydrogens is 396 g/mol. The van der Waals surface area contributed by atoms with E-state index in [0.29, 0.717) is 0 Å². The second-order valence-electron chi connectivity index (χ2n) is 6.73. The molecule has 1 N–H and O–H groups in total. The van der Waals surface area contributed by atoms with Crippen LogP contribution >= 0.6 is 11.6 Å². The van der Waals surface area contributed by atoms with Crippen molar-refractivity contribution in [2.24, 2.45) is 0 Å². The van der Waals surface area contributed by atoms with Crippen LogP contribution in [0.2, 0.25) is 5.02 Å². The number of sulfonamides is 1. The van der Waals surface area contributed by atoms with E-state index in [-0.39, 0.29) is 21.5 Å². The van der Waals surface area contributed by atoms with E-state index in [4.69, 9.17) is 11.6 Å². The van der Waals surface area contributed by atoms with E-state index in [2.05, 4.69) is 5.32 Å². The van der Waals surface area contributed by atoms with E-state index in [1.807, 2.05) is 49.4 Å². The molecule has 0 spiro atoms. The number of nitrogens with one attached hydrogen (secondary N) is 1. The minimum Gasteiger partial charge on any atom is -0.345 e.